The van der Waals surface area contributed by atoms with E-state index in [1.54, 1.807) is 30.6 Å². The molecule has 2 heterocycles. The minimum absolute atomic E-state index is 0.0229. The van der Waals surface area contributed by atoms with Crippen molar-refractivity contribution in [1.82, 2.24) is 14.9 Å². The fourth-order valence-electron chi connectivity index (χ4n) is 3.16. The van der Waals surface area contributed by atoms with E-state index in [-0.39, 0.29) is 18.1 Å². The van der Waals surface area contributed by atoms with Crippen molar-refractivity contribution in [1.29, 1.82) is 0 Å². The van der Waals surface area contributed by atoms with E-state index in [1.165, 1.54) is 7.11 Å². The molecule has 0 bridgehead atoms. The Morgan fingerprint density at radius 2 is 2.15 bits per heavy atom. The van der Waals surface area contributed by atoms with Crippen LogP contribution in [-0.4, -0.2) is 58.7 Å². The molecular formula is C19H21N3O4. The van der Waals surface area contributed by atoms with E-state index < -0.39 is 5.97 Å². The number of ether oxygens (including phenoxy) is 1. The van der Waals surface area contributed by atoms with Gasteiger partial charge in [0.15, 0.2) is 0 Å². The maximum absolute atomic E-state index is 11.9. The predicted molar refractivity (Wildman–Crippen MR) is 94.7 cm³/mol. The highest BCUT2D eigenvalue weighted by molar-refractivity contribution is 5.89. The number of carboxylic acids is 1. The van der Waals surface area contributed by atoms with Crippen LogP contribution >= 0.6 is 0 Å². The zero-order valence-corrected chi connectivity index (χ0v) is 14.6. The third-order valence-corrected chi connectivity index (χ3v) is 4.51. The predicted octanol–water partition coefficient (Wildman–Crippen LogP) is 1.88. The Hall–Kier alpha value is -2.80. The van der Waals surface area contributed by atoms with Gasteiger partial charge in [-0.05, 0) is 30.9 Å². The summed E-state index contributed by atoms with van der Waals surface area (Å²) in [5, 5.41) is 9.08. The molecule has 1 aliphatic heterocycles. The van der Waals surface area contributed by atoms with Crippen LogP contribution in [0.15, 0.2) is 36.7 Å². The van der Waals surface area contributed by atoms with Crippen molar-refractivity contribution in [2.24, 2.45) is 5.92 Å². The number of nitrogens with zero attached hydrogens (tertiary/aromatic N) is 3. The number of carboxylic acid groups (broad SMARTS) is 1. The zero-order valence-electron chi connectivity index (χ0n) is 14.6. The summed E-state index contributed by atoms with van der Waals surface area (Å²) in [6.07, 6.45) is 5.10. The topological polar surface area (TPSA) is 92.6 Å². The van der Waals surface area contributed by atoms with Crippen molar-refractivity contribution in [2.45, 2.75) is 12.8 Å². The van der Waals surface area contributed by atoms with Crippen molar-refractivity contribution in [3.8, 4) is 11.3 Å². The summed E-state index contributed by atoms with van der Waals surface area (Å²) in [7, 11) is 1.52. The largest absolute Gasteiger partial charge is 0.478 e. The van der Waals surface area contributed by atoms with Crippen LogP contribution in [0, 0.1) is 5.92 Å². The lowest BCUT2D eigenvalue weighted by molar-refractivity contribution is -0.134. The molecular weight excluding hydrogens is 334 g/mol. The molecule has 1 fully saturated rings. The van der Waals surface area contributed by atoms with E-state index in [9.17, 15) is 9.59 Å². The highest BCUT2D eigenvalue weighted by Gasteiger charge is 2.26. The fourth-order valence-corrected chi connectivity index (χ4v) is 3.16. The first-order valence-electron chi connectivity index (χ1n) is 8.48. The quantitative estimate of drug-likeness (QED) is 0.850. The molecule has 0 spiro atoms. The van der Waals surface area contributed by atoms with Gasteiger partial charge >= 0.3 is 5.97 Å². The molecule has 1 atom stereocenters. The molecule has 2 aromatic rings. The van der Waals surface area contributed by atoms with E-state index in [1.807, 2.05) is 11.0 Å². The average molecular weight is 355 g/mol. The standard InChI is InChI=1S/C19H21N3O4/c1-26-12-18(23)22-6-5-13(11-22)7-16-9-21-17(10-20-16)14-3-2-4-15(8-14)19(24)25/h2-4,8-10,13H,5-7,11-12H2,1H3,(H,24,25)/t13-/m1/s1. The number of methoxy groups -OCH3 is 1. The summed E-state index contributed by atoms with van der Waals surface area (Å²) in [6.45, 7) is 1.59. The minimum atomic E-state index is -0.967. The first-order valence-corrected chi connectivity index (χ1v) is 8.48. The second-order valence-corrected chi connectivity index (χ2v) is 6.41. The first-order chi connectivity index (χ1) is 12.6. The lowest BCUT2D eigenvalue weighted by Crippen LogP contribution is -2.31. The van der Waals surface area contributed by atoms with Crippen molar-refractivity contribution in [2.75, 3.05) is 26.8 Å². The highest BCUT2D eigenvalue weighted by Crippen LogP contribution is 2.22. The molecule has 0 aliphatic carbocycles. The molecule has 1 aliphatic rings. The average Bonchev–Trinajstić information content (AvgIpc) is 3.11. The van der Waals surface area contributed by atoms with Gasteiger partial charge in [0.05, 0.1) is 23.1 Å². The van der Waals surface area contributed by atoms with Gasteiger partial charge in [-0.2, -0.15) is 0 Å². The molecule has 7 heteroatoms. The molecule has 26 heavy (non-hydrogen) atoms. The monoisotopic (exact) mass is 355 g/mol. The van der Waals surface area contributed by atoms with E-state index in [2.05, 4.69) is 9.97 Å². The number of carbonyl (C=O) groups is 2. The summed E-state index contributed by atoms with van der Waals surface area (Å²) in [5.41, 5.74) is 2.45. The van der Waals surface area contributed by atoms with E-state index in [4.69, 9.17) is 9.84 Å². The summed E-state index contributed by atoms with van der Waals surface area (Å²) in [4.78, 5) is 33.6. The van der Waals surface area contributed by atoms with Gasteiger partial charge in [0.1, 0.15) is 6.61 Å². The number of hydrogen-bond acceptors (Lipinski definition) is 5. The second kappa shape index (κ2) is 8.05. The first kappa shape index (κ1) is 18.0. The maximum atomic E-state index is 11.9. The molecule has 7 nitrogen and oxygen atoms in total. The Balaban J connectivity index is 1.63. The van der Waals surface area contributed by atoms with Gasteiger partial charge in [-0.25, -0.2) is 4.79 Å². The van der Waals surface area contributed by atoms with Crippen LogP contribution in [0.25, 0.3) is 11.3 Å². The Labute approximate surface area is 151 Å². The van der Waals surface area contributed by atoms with Gasteiger partial charge in [-0.15, -0.1) is 0 Å². The van der Waals surface area contributed by atoms with Crippen LogP contribution in [0.1, 0.15) is 22.5 Å². The van der Waals surface area contributed by atoms with Crippen LogP contribution in [0.2, 0.25) is 0 Å². The molecule has 0 unspecified atom stereocenters. The Kier molecular flexibility index (Phi) is 5.58. The molecule has 1 N–H and O–H groups in total. The van der Waals surface area contributed by atoms with Crippen LogP contribution in [0.5, 0.6) is 0 Å². The molecule has 1 aromatic carbocycles. The zero-order chi connectivity index (χ0) is 18.5. The van der Waals surface area contributed by atoms with Crippen molar-refractivity contribution < 1.29 is 19.4 Å². The van der Waals surface area contributed by atoms with Gasteiger partial charge in [0.25, 0.3) is 0 Å². The molecule has 3 rings (SSSR count). The SMILES string of the molecule is COCC(=O)N1CC[C@H](Cc2cnc(-c3cccc(C(=O)O)c3)cn2)C1. The highest BCUT2D eigenvalue weighted by atomic mass is 16.5. The van der Waals surface area contributed by atoms with Gasteiger partial charge < -0.3 is 14.7 Å². The number of likely N-dealkylation sites (tertiary alicyclic amines) is 1. The number of aromatic nitrogens is 2. The van der Waals surface area contributed by atoms with Gasteiger partial charge in [-0.3, -0.25) is 14.8 Å². The van der Waals surface area contributed by atoms with Gasteiger partial charge in [0.2, 0.25) is 5.91 Å². The van der Waals surface area contributed by atoms with E-state index in [0.29, 0.717) is 18.2 Å². The fraction of sp³-hybridized carbons (Fsp3) is 0.368. The number of hydrogen-bond donors (Lipinski definition) is 1. The Morgan fingerprint density at radius 1 is 1.31 bits per heavy atom. The van der Waals surface area contributed by atoms with Crippen molar-refractivity contribution in [3.05, 3.63) is 47.9 Å². The normalized spacial score (nSPS) is 16.7. The summed E-state index contributed by atoms with van der Waals surface area (Å²) in [5.74, 6) is -0.578. The smallest absolute Gasteiger partial charge is 0.335 e. The molecule has 1 saturated heterocycles. The van der Waals surface area contributed by atoms with Crippen LogP contribution in [-0.2, 0) is 16.0 Å². The molecule has 0 saturated carbocycles. The molecule has 1 aromatic heterocycles. The van der Waals surface area contributed by atoms with Crippen LogP contribution in [0.3, 0.4) is 0 Å². The number of amides is 1. The number of aromatic carboxylic acids is 1. The van der Waals surface area contributed by atoms with Crippen LogP contribution < -0.4 is 0 Å². The molecule has 0 radical (unpaired) electrons. The molecule has 136 valence electrons. The Bertz CT molecular complexity index is 792. The summed E-state index contributed by atoms with van der Waals surface area (Å²) < 4.78 is 4.90. The second-order valence-electron chi connectivity index (χ2n) is 6.41. The maximum Gasteiger partial charge on any atom is 0.335 e. The lowest BCUT2D eigenvalue weighted by Gasteiger charge is -2.15. The van der Waals surface area contributed by atoms with Gasteiger partial charge in [0, 0.05) is 32.0 Å². The minimum Gasteiger partial charge on any atom is -0.478 e. The van der Waals surface area contributed by atoms with Gasteiger partial charge in [-0.1, -0.05) is 12.1 Å². The van der Waals surface area contributed by atoms with Crippen molar-refractivity contribution >= 4 is 11.9 Å². The number of benzene rings is 1. The third kappa shape index (κ3) is 4.23. The summed E-state index contributed by atoms with van der Waals surface area (Å²) >= 11 is 0. The lowest BCUT2D eigenvalue weighted by atomic mass is 10.0. The number of carbonyl (C=O) groups excluding carboxylic acids is 1. The Morgan fingerprint density at radius 3 is 2.85 bits per heavy atom. The molecule has 1 amide bonds. The van der Waals surface area contributed by atoms with E-state index in [0.717, 1.165) is 30.6 Å². The van der Waals surface area contributed by atoms with Crippen molar-refractivity contribution in [3.63, 3.8) is 0 Å². The third-order valence-electron chi connectivity index (χ3n) is 4.51. The van der Waals surface area contributed by atoms with Crippen LogP contribution in [0.4, 0.5) is 0 Å². The number of rotatable bonds is 6. The van der Waals surface area contributed by atoms with E-state index >= 15 is 0 Å². The summed E-state index contributed by atoms with van der Waals surface area (Å²) in [6, 6.07) is 6.64.